The molecule has 0 aliphatic carbocycles. The van der Waals surface area contributed by atoms with Gasteiger partial charge in [0.05, 0.1) is 0 Å². The smallest absolute Gasteiger partial charge is 0.201 e. The fourth-order valence-corrected chi connectivity index (χ4v) is 2.27. The minimum absolute atomic E-state index is 0.154. The Labute approximate surface area is 110 Å². The van der Waals surface area contributed by atoms with Gasteiger partial charge in [-0.25, -0.2) is 4.39 Å². The van der Waals surface area contributed by atoms with Crippen molar-refractivity contribution in [2.24, 2.45) is 0 Å². The summed E-state index contributed by atoms with van der Waals surface area (Å²) in [6.07, 6.45) is 3.03. The Balaban J connectivity index is 1.71. The van der Waals surface area contributed by atoms with Crippen LogP contribution in [0.5, 0.6) is 0 Å². The van der Waals surface area contributed by atoms with Crippen LogP contribution in [0.2, 0.25) is 0 Å². The lowest BCUT2D eigenvalue weighted by Gasteiger charge is -2.26. The molecule has 0 radical (unpaired) electrons. The van der Waals surface area contributed by atoms with E-state index in [9.17, 15) is 4.39 Å². The molecule has 98 valence electrons. The molecule has 0 unspecified atom stereocenters. The second-order valence-electron chi connectivity index (χ2n) is 4.56. The van der Waals surface area contributed by atoms with Gasteiger partial charge in [0.2, 0.25) is 5.82 Å². The summed E-state index contributed by atoms with van der Waals surface area (Å²) in [6.45, 7) is 2.23. The molecule has 19 heavy (non-hydrogen) atoms. The quantitative estimate of drug-likeness (QED) is 0.910. The molecule has 1 aromatic heterocycles. The Morgan fingerprint density at radius 2 is 2.21 bits per heavy atom. The number of hydrogen-bond donors (Lipinski definition) is 1. The molecule has 0 fully saturated rings. The van der Waals surface area contributed by atoms with Gasteiger partial charge in [0.1, 0.15) is 5.82 Å². The van der Waals surface area contributed by atoms with Gasteiger partial charge < -0.3 is 0 Å². The molecule has 0 atom stereocenters. The van der Waals surface area contributed by atoms with Crippen molar-refractivity contribution in [1.82, 2.24) is 25.5 Å². The highest BCUT2D eigenvalue weighted by Gasteiger charge is 2.17. The monoisotopic (exact) mass is 259 g/mol. The predicted molar refractivity (Wildman–Crippen MR) is 68.4 cm³/mol. The minimum Gasteiger partial charge on any atom is -0.294 e. The summed E-state index contributed by atoms with van der Waals surface area (Å²) in [6, 6.07) is 6.88. The third-order valence-electron chi connectivity index (χ3n) is 3.21. The zero-order valence-corrected chi connectivity index (χ0v) is 10.4. The lowest BCUT2D eigenvalue weighted by atomic mass is 10.1. The van der Waals surface area contributed by atoms with Gasteiger partial charge in [-0.3, -0.25) is 4.90 Å². The van der Waals surface area contributed by atoms with Crippen molar-refractivity contribution in [2.45, 2.75) is 13.0 Å². The molecule has 6 heteroatoms. The zero-order chi connectivity index (χ0) is 13.1. The molecule has 0 saturated carbocycles. The molecule has 0 bridgehead atoms. The third kappa shape index (κ3) is 2.68. The van der Waals surface area contributed by atoms with Crippen LogP contribution in [0.4, 0.5) is 4.39 Å². The first-order valence-corrected chi connectivity index (χ1v) is 6.21. The summed E-state index contributed by atoms with van der Waals surface area (Å²) in [7, 11) is 0. The van der Waals surface area contributed by atoms with Crippen LogP contribution in [0, 0.1) is 5.82 Å². The number of benzene rings is 1. The number of nitrogens with zero attached hydrogens (tertiary/aromatic N) is 4. The Kier molecular flexibility index (Phi) is 3.33. The van der Waals surface area contributed by atoms with Crippen molar-refractivity contribution >= 4 is 5.57 Å². The number of nitrogens with one attached hydrogen (secondary N) is 1. The summed E-state index contributed by atoms with van der Waals surface area (Å²) in [5.41, 5.74) is 1.76. The normalized spacial score (nSPS) is 16.4. The van der Waals surface area contributed by atoms with E-state index < -0.39 is 0 Å². The highest BCUT2D eigenvalue weighted by Crippen LogP contribution is 2.19. The molecule has 5 nitrogen and oxygen atoms in total. The van der Waals surface area contributed by atoms with Gasteiger partial charge in [0.15, 0.2) is 0 Å². The first-order chi connectivity index (χ1) is 9.33. The van der Waals surface area contributed by atoms with Crippen LogP contribution in [-0.2, 0) is 6.54 Å². The Hall–Kier alpha value is -2.08. The van der Waals surface area contributed by atoms with Gasteiger partial charge in [-0.1, -0.05) is 24.3 Å². The van der Waals surface area contributed by atoms with Crippen molar-refractivity contribution in [3.63, 3.8) is 0 Å². The number of halogens is 1. The molecular formula is C13H14FN5. The number of aromatic nitrogens is 4. The maximum Gasteiger partial charge on any atom is 0.201 e. The lowest BCUT2D eigenvalue weighted by molar-refractivity contribution is 0.291. The van der Waals surface area contributed by atoms with Crippen molar-refractivity contribution in [1.29, 1.82) is 0 Å². The average molecular weight is 259 g/mol. The number of tetrazole rings is 1. The molecular weight excluding hydrogens is 245 g/mol. The van der Waals surface area contributed by atoms with Crippen molar-refractivity contribution in [3.8, 4) is 0 Å². The summed E-state index contributed by atoms with van der Waals surface area (Å²) >= 11 is 0. The summed E-state index contributed by atoms with van der Waals surface area (Å²) < 4.78 is 13.6. The van der Waals surface area contributed by atoms with Crippen LogP contribution in [0.3, 0.4) is 0 Å². The van der Waals surface area contributed by atoms with Gasteiger partial charge in [0, 0.05) is 30.8 Å². The highest BCUT2D eigenvalue weighted by molar-refractivity contribution is 5.61. The van der Waals surface area contributed by atoms with Crippen LogP contribution < -0.4 is 0 Å². The summed E-state index contributed by atoms with van der Waals surface area (Å²) in [4.78, 5) is 2.18. The standard InChI is InChI=1S/C13H14FN5/c14-12-6-2-1-4-10(12)8-19-7-3-5-11(9-19)13-15-17-18-16-13/h1-2,4-6H,3,7-9H2,(H,15,16,17,18). The number of hydrogen-bond acceptors (Lipinski definition) is 4. The largest absolute Gasteiger partial charge is 0.294 e. The molecule has 2 heterocycles. The maximum absolute atomic E-state index is 13.6. The first-order valence-electron chi connectivity index (χ1n) is 6.21. The minimum atomic E-state index is -0.154. The molecule has 2 aromatic rings. The van der Waals surface area contributed by atoms with Crippen molar-refractivity contribution < 1.29 is 4.39 Å². The molecule has 1 aromatic carbocycles. The molecule has 1 aliphatic rings. The average Bonchev–Trinajstić information content (AvgIpc) is 2.96. The van der Waals surface area contributed by atoms with E-state index in [4.69, 9.17) is 0 Å². The predicted octanol–water partition coefficient (Wildman–Crippen LogP) is 1.63. The molecule has 1 aliphatic heterocycles. The highest BCUT2D eigenvalue weighted by atomic mass is 19.1. The third-order valence-corrected chi connectivity index (χ3v) is 3.21. The van der Waals surface area contributed by atoms with E-state index in [-0.39, 0.29) is 5.82 Å². The first kappa shape index (κ1) is 12.0. The second kappa shape index (κ2) is 5.27. The van der Waals surface area contributed by atoms with E-state index in [0.29, 0.717) is 18.9 Å². The van der Waals surface area contributed by atoms with Crippen molar-refractivity contribution in [3.05, 3.63) is 47.5 Å². The molecule has 0 spiro atoms. The van der Waals surface area contributed by atoms with E-state index in [2.05, 4.69) is 31.6 Å². The molecule has 1 N–H and O–H groups in total. The number of rotatable bonds is 3. The van der Waals surface area contributed by atoms with Crippen LogP contribution in [0.1, 0.15) is 17.8 Å². The van der Waals surface area contributed by atoms with Crippen molar-refractivity contribution in [2.75, 3.05) is 13.1 Å². The van der Waals surface area contributed by atoms with E-state index in [1.807, 2.05) is 12.1 Å². The van der Waals surface area contributed by atoms with Gasteiger partial charge in [-0.2, -0.15) is 5.21 Å². The zero-order valence-electron chi connectivity index (χ0n) is 10.4. The van der Waals surface area contributed by atoms with Gasteiger partial charge >= 0.3 is 0 Å². The van der Waals surface area contributed by atoms with Gasteiger partial charge in [0.25, 0.3) is 0 Å². The second-order valence-corrected chi connectivity index (χ2v) is 4.56. The number of aromatic amines is 1. The fourth-order valence-electron chi connectivity index (χ4n) is 2.27. The van der Waals surface area contributed by atoms with Crippen LogP contribution in [0.25, 0.3) is 5.57 Å². The summed E-state index contributed by atoms with van der Waals surface area (Å²) in [5.74, 6) is 0.469. The van der Waals surface area contributed by atoms with Crippen LogP contribution in [-0.4, -0.2) is 38.6 Å². The summed E-state index contributed by atoms with van der Waals surface area (Å²) in [5, 5.41) is 14.0. The topological polar surface area (TPSA) is 57.7 Å². The van der Waals surface area contributed by atoms with E-state index in [1.54, 1.807) is 6.07 Å². The Morgan fingerprint density at radius 1 is 1.32 bits per heavy atom. The van der Waals surface area contributed by atoms with Gasteiger partial charge in [-0.15, -0.1) is 10.2 Å². The van der Waals surface area contributed by atoms with Crippen LogP contribution in [0.15, 0.2) is 30.3 Å². The molecule has 0 amide bonds. The SMILES string of the molecule is Fc1ccccc1CN1CCC=C(c2nn[nH]n2)C1. The lowest BCUT2D eigenvalue weighted by Crippen LogP contribution is -2.29. The van der Waals surface area contributed by atoms with Gasteiger partial charge in [-0.05, 0) is 17.7 Å². The van der Waals surface area contributed by atoms with E-state index >= 15 is 0 Å². The Bertz CT molecular complexity index is 578. The molecule has 3 rings (SSSR count). The molecule has 0 saturated heterocycles. The fraction of sp³-hybridized carbons (Fsp3) is 0.308. The number of H-pyrrole nitrogens is 1. The van der Waals surface area contributed by atoms with E-state index in [0.717, 1.165) is 24.1 Å². The maximum atomic E-state index is 13.6. The van der Waals surface area contributed by atoms with Crippen LogP contribution >= 0.6 is 0 Å². The Morgan fingerprint density at radius 3 is 3.00 bits per heavy atom. The van der Waals surface area contributed by atoms with E-state index in [1.165, 1.54) is 6.07 Å².